The number of rotatable bonds is 6. The topological polar surface area (TPSA) is 61.6 Å². The minimum absolute atomic E-state index is 0.212. The number of piperazine rings is 1. The first kappa shape index (κ1) is 29.7. The maximum Gasteiger partial charge on any atom is 0.158 e. The van der Waals surface area contributed by atoms with Gasteiger partial charge in [-0.2, -0.15) is 0 Å². The molecule has 6 rings (SSSR count). The molecule has 5 aromatic rings. The maximum atomic E-state index is 13.9. The molecule has 0 bridgehead atoms. The van der Waals surface area contributed by atoms with Gasteiger partial charge in [0.2, 0.25) is 0 Å². The van der Waals surface area contributed by atoms with Crippen molar-refractivity contribution >= 4 is 22.0 Å². The number of fused-ring (bicyclic) bond motifs is 1. The summed E-state index contributed by atoms with van der Waals surface area (Å²) in [5.74, 6) is 0.212. The number of phenols is 1. The number of nitrogens with zero attached hydrogens (tertiary/aromatic N) is 4. The number of aryl methyl sites for hydroxylation is 1. The SMILES string of the molecule is CC.Cc1ccc(S(=O)n2c(C)c(-c3ccc(O)cc3)c3cc(-c4ccc(CN5CCN(C)CC5)cc4)cnc32)cc1. The van der Waals surface area contributed by atoms with E-state index in [2.05, 4.69) is 47.2 Å². The van der Waals surface area contributed by atoms with Gasteiger partial charge in [-0.3, -0.25) is 4.90 Å². The van der Waals surface area contributed by atoms with E-state index in [0.717, 1.165) is 76.5 Å². The number of pyridine rings is 1. The minimum atomic E-state index is -1.46. The predicted molar refractivity (Wildman–Crippen MR) is 174 cm³/mol. The molecular formula is C35H40N4O2S. The summed E-state index contributed by atoms with van der Waals surface area (Å²) in [6.45, 7) is 13.4. The molecule has 1 unspecified atom stereocenters. The molecule has 0 spiro atoms. The molecule has 218 valence electrons. The Balaban J connectivity index is 0.00000173. The van der Waals surface area contributed by atoms with Crippen LogP contribution in [0.25, 0.3) is 33.3 Å². The second-order valence-electron chi connectivity index (χ2n) is 10.7. The molecule has 7 heteroatoms. The molecule has 0 radical (unpaired) electrons. The summed E-state index contributed by atoms with van der Waals surface area (Å²) < 4.78 is 15.7. The lowest BCUT2D eigenvalue weighted by molar-refractivity contribution is 0.148. The highest BCUT2D eigenvalue weighted by atomic mass is 32.2. The number of aromatic nitrogens is 2. The van der Waals surface area contributed by atoms with Crippen LogP contribution in [-0.2, 0) is 17.5 Å². The van der Waals surface area contributed by atoms with E-state index in [-0.39, 0.29) is 5.75 Å². The van der Waals surface area contributed by atoms with E-state index >= 15 is 0 Å². The molecule has 1 aliphatic heterocycles. The van der Waals surface area contributed by atoms with Gasteiger partial charge in [-0.15, -0.1) is 0 Å². The van der Waals surface area contributed by atoms with E-state index in [1.807, 2.05) is 74.3 Å². The molecule has 0 aliphatic carbocycles. The summed E-state index contributed by atoms with van der Waals surface area (Å²) in [5, 5.41) is 10.8. The number of hydrogen-bond acceptors (Lipinski definition) is 5. The smallest absolute Gasteiger partial charge is 0.158 e. The van der Waals surface area contributed by atoms with Crippen LogP contribution < -0.4 is 0 Å². The van der Waals surface area contributed by atoms with Crippen molar-refractivity contribution in [2.75, 3.05) is 33.2 Å². The first-order valence-corrected chi connectivity index (χ1v) is 15.8. The van der Waals surface area contributed by atoms with Gasteiger partial charge in [-0.1, -0.05) is 67.9 Å². The lowest BCUT2D eigenvalue weighted by Crippen LogP contribution is -2.43. The lowest BCUT2D eigenvalue weighted by Gasteiger charge is -2.32. The summed E-state index contributed by atoms with van der Waals surface area (Å²) in [4.78, 5) is 10.5. The third-order valence-electron chi connectivity index (χ3n) is 7.83. The Kier molecular flexibility index (Phi) is 9.21. The molecule has 1 aliphatic rings. The quantitative estimate of drug-likeness (QED) is 0.234. The lowest BCUT2D eigenvalue weighted by atomic mass is 10.00. The maximum absolute atomic E-state index is 13.9. The first-order valence-electron chi connectivity index (χ1n) is 14.7. The molecule has 3 heterocycles. The Morgan fingerprint density at radius 2 is 1.43 bits per heavy atom. The molecule has 1 saturated heterocycles. The van der Waals surface area contributed by atoms with Crippen molar-refractivity contribution in [2.24, 2.45) is 0 Å². The number of aromatic hydroxyl groups is 1. The van der Waals surface area contributed by atoms with Crippen LogP contribution in [0.5, 0.6) is 5.75 Å². The Hall–Kier alpha value is -3.78. The fraction of sp³-hybridized carbons (Fsp3) is 0.286. The molecule has 1 atom stereocenters. The molecular weight excluding hydrogens is 540 g/mol. The predicted octanol–water partition coefficient (Wildman–Crippen LogP) is 7.04. The molecule has 2 aromatic heterocycles. The zero-order valence-corrected chi connectivity index (χ0v) is 26.0. The van der Waals surface area contributed by atoms with Gasteiger partial charge >= 0.3 is 0 Å². The van der Waals surface area contributed by atoms with Crippen molar-refractivity contribution in [3.05, 3.63) is 102 Å². The van der Waals surface area contributed by atoms with Gasteiger partial charge < -0.3 is 10.0 Å². The summed E-state index contributed by atoms with van der Waals surface area (Å²) in [6, 6.07) is 25.9. The van der Waals surface area contributed by atoms with Crippen molar-refractivity contribution in [1.82, 2.24) is 18.8 Å². The zero-order valence-electron chi connectivity index (χ0n) is 25.2. The number of phenolic OH excluding ortho intramolecular Hbond substituents is 1. The van der Waals surface area contributed by atoms with Crippen LogP contribution in [0.2, 0.25) is 0 Å². The van der Waals surface area contributed by atoms with Crippen LogP contribution in [0, 0.1) is 13.8 Å². The number of likely N-dealkylation sites (N-methyl/N-ethyl adjacent to an activating group) is 1. The number of hydrogen-bond donors (Lipinski definition) is 1. The standard InChI is InChI=1S/C33H34N4O2S.C2H6/c1-23-4-14-30(15-5-23)40(39)37-24(2)32(27-10-12-29(38)13-11-27)31-20-28(21-34-33(31)37)26-8-6-25(7-9-26)22-36-18-16-35(3)17-19-36;1-2/h4-15,20-21,38H,16-19,22H2,1-3H3;1-2H3. The molecule has 3 aromatic carbocycles. The van der Waals surface area contributed by atoms with Gasteiger partial charge in [-0.25, -0.2) is 13.2 Å². The Morgan fingerprint density at radius 3 is 2.07 bits per heavy atom. The summed E-state index contributed by atoms with van der Waals surface area (Å²) in [5.41, 5.74) is 7.99. The second kappa shape index (κ2) is 13.0. The largest absolute Gasteiger partial charge is 0.508 e. The molecule has 0 amide bonds. The van der Waals surface area contributed by atoms with E-state index in [4.69, 9.17) is 4.98 Å². The highest BCUT2D eigenvalue weighted by Gasteiger charge is 2.22. The monoisotopic (exact) mass is 580 g/mol. The van der Waals surface area contributed by atoms with Crippen molar-refractivity contribution in [2.45, 2.75) is 39.1 Å². The average molecular weight is 581 g/mol. The molecule has 1 N–H and O–H groups in total. The first-order chi connectivity index (χ1) is 20.4. The van der Waals surface area contributed by atoms with Crippen LogP contribution in [0.4, 0.5) is 0 Å². The molecule has 6 nitrogen and oxygen atoms in total. The van der Waals surface area contributed by atoms with Crippen molar-refractivity contribution < 1.29 is 9.32 Å². The van der Waals surface area contributed by atoms with E-state index < -0.39 is 11.0 Å². The third-order valence-corrected chi connectivity index (χ3v) is 9.28. The van der Waals surface area contributed by atoms with Gasteiger partial charge in [0.25, 0.3) is 0 Å². The normalized spacial score (nSPS) is 14.9. The van der Waals surface area contributed by atoms with Crippen LogP contribution in [0.15, 0.2) is 90.0 Å². The summed E-state index contributed by atoms with van der Waals surface area (Å²) >= 11 is 0. The van der Waals surface area contributed by atoms with Gasteiger partial charge in [0.05, 0.1) is 4.90 Å². The van der Waals surface area contributed by atoms with E-state index in [9.17, 15) is 9.32 Å². The number of benzene rings is 3. The van der Waals surface area contributed by atoms with Gasteiger partial charge in [0.1, 0.15) is 5.75 Å². The Labute approximate surface area is 251 Å². The van der Waals surface area contributed by atoms with Crippen molar-refractivity contribution in [3.8, 4) is 28.0 Å². The summed E-state index contributed by atoms with van der Waals surface area (Å²) in [6.07, 6.45) is 1.88. The van der Waals surface area contributed by atoms with E-state index in [1.165, 1.54) is 5.56 Å². The molecule has 1 fully saturated rings. The fourth-order valence-corrected chi connectivity index (χ4v) is 6.66. The average Bonchev–Trinajstić information content (AvgIpc) is 3.31. The Bertz CT molecular complexity index is 1670. The molecule has 42 heavy (non-hydrogen) atoms. The minimum Gasteiger partial charge on any atom is -0.508 e. The zero-order chi connectivity index (χ0) is 29.8. The second-order valence-corrected chi connectivity index (χ2v) is 12.1. The van der Waals surface area contributed by atoms with Crippen molar-refractivity contribution in [1.29, 1.82) is 0 Å². The van der Waals surface area contributed by atoms with Gasteiger partial charge in [0, 0.05) is 61.1 Å². The third kappa shape index (κ3) is 6.19. The highest BCUT2D eigenvalue weighted by molar-refractivity contribution is 7.83. The van der Waals surface area contributed by atoms with Crippen LogP contribution in [0.3, 0.4) is 0 Å². The Morgan fingerprint density at radius 1 is 0.810 bits per heavy atom. The highest BCUT2D eigenvalue weighted by Crippen LogP contribution is 2.37. The fourth-order valence-electron chi connectivity index (χ4n) is 5.44. The van der Waals surface area contributed by atoms with Crippen LogP contribution >= 0.6 is 0 Å². The molecule has 0 saturated carbocycles. The van der Waals surface area contributed by atoms with Crippen LogP contribution in [0.1, 0.15) is 30.7 Å². The van der Waals surface area contributed by atoms with Crippen LogP contribution in [-0.4, -0.2) is 61.3 Å². The van der Waals surface area contributed by atoms with E-state index in [0.29, 0.717) is 5.65 Å². The van der Waals surface area contributed by atoms with Gasteiger partial charge in [-0.05, 0) is 67.9 Å². The van der Waals surface area contributed by atoms with Gasteiger partial charge in [0.15, 0.2) is 16.6 Å². The summed E-state index contributed by atoms with van der Waals surface area (Å²) in [7, 11) is 0.719. The van der Waals surface area contributed by atoms with E-state index in [1.54, 1.807) is 12.1 Å². The van der Waals surface area contributed by atoms with Crippen molar-refractivity contribution in [3.63, 3.8) is 0 Å².